The molecule has 1 aromatic rings. The lowest BCUT2D eigenvalue weighted by atomic mass is 9.46. The van der Waals surface area contributed by atoms with Gasteiger partial charge in [-0.05, 0) is 98.5 Å². The van der Waals surface area contributed by atoms with E-state index >= 15 is 0 Å². The van der Waals surface area contributed by atoms with Crippen molar-refractivity contribution in [3.8, 4) is 0 Å². The van der Waals surface area contributed by atoms with E-state index in [9.17, 15) is 35.0 Å². The van der Waals surface area contributed by atoms with Gasteiger partial charge in [0, 0.05) is 12.1 Å². The molecule has 0 aromatic heterocycles. The summed E-state index contributed by atoms with van der Waals surface area (Å²) < 4.78 is 0. The van der Waals surface area contributed by atoms with Crippen LogP contribution >= 0.6 is 0 Å². The second-order valence-corrected chi connectivity index (χ2v) is 13.3. The topological polar surface area (TPSA) is 172 Å². The molecule has 0 spiro atoms. The van der Waals surface area contributed by atoms with Gasteiger partial charge in [-0.2, -0.15) is 0 Å². The standard InChI is InChI=1S/C31H41N3O8/c1-29-12-9-20(16-19(29)7-8-22-23(29)10-13-30(2)24(22)11-14-31(30,3)39)33-42-17-25(35)32-26(28(37)38)27(36)18-5-4-6-21(15-18)34(40)41/h4-6,15-16,22-24,26-27,36,39H,7-14,17H2,1-3H3,(H,32,35)(H,37,38). The minimum atomic E-state index is -1.73. The highest BCUT2D eigenvalue weighted by Crippen LogP contribution is 2.67. The van der Waals surface area contributed by atoms with Crippen LogP contribution in [0.5, 0.6) is 0 Å². The first-order valence-corrected chi connectivity index (χ1v) is 14.8. The van der Waals surface area contributed by atoms with Gasteiger partial charge in [-0.1, -0.05) is 36.7 Å². The predicted octanol–water partition coefficient (Wildman–Crippen LogP) is 4.28. The number of nitrogens with zero attached hydrogens (tertiary/aromatic N) is 2. The Morgan fingerprint density at radius 3 is 2.60 bits per heavy atom. The first-order chi connectivity index (χ1) is 19.8. The molecule has 1 aromatic carbocycles. The Labute approximate surface area is 245 Å². The SMILES string of the molecule is CC12CCC(=NOCC(=O)NC(C(=O)O)C(O)c3cccc([N+](=O)[O-])c3)C=C1CCC1C2CCC2(C)C1CCC2(C)O. The number of nitro benzene ring substituents is 1. The first-order valence-electron chi connectivity index (χ1n) is 14.8. The molecule has 0 heterocycles. The third-order valence-electron chi connectivity index (χ3n) is 11.2. The minimum absolute atomic E-state index is 0.00874. The number of benzene rings is 1. The number of hydrogen-bond donors (Lipinski definition) is 4. The fourth-order valence-electron chi connectivity index (χ4n) is 8.57. The number of nitro groups is 1. The normalized spacial score (nSPS) is 36.1. The third-order valence-corrected chi connectivity index (χ3v) is 11.2. The zero-order chi connectivity index (χ0) is 30.4. The molecule has 1 amide bonds. The van der Waals surface area contributed by atoms with E-state index in [2.05, 4.69) is 30.4 Å². The lowest BCUT2D eigenvalue weighted by Gasteiger charge is -2.59. The maximum absolute atomic E-state index is 12.5. The number of aliphatic hydroxyl groups is 2. The molecule has 42 heavy (non-hydrogen) atoms. The van der Waals surface area contributed by atoms with E-state index in [0.717, 1.165) is 56.7 Å². The number of rotatable bonds is 8. The van der Waals surface area contributed by atoms with Crippen LogP contribution in [0, 0.1) is 38.7 Å². The number of allylic oxidation sites excluding steroid dienone is 2. The molecule has 4 aliphatic carbocycles. The van der Waals surface area contributed by atoms with E-state index in [1.54, 1.807) is 0 Å². The van der Waals surface area contributed by atoms with Gasteiger partial charge in [0.2, 0.25) is 0 Å². The number of hydrogen-bond acceptors (Lipinski definition) is 8. The summed E-state index contributed by atoms with van der Waals surface area (Å²) in [5.41, 5.74) is 1.25. The van der Waals surface area contributed by atoms with E-state index in [1.807, 2.05) is 6.92 Å². The summed E-state index contributed by atoms with van der Waals surface area (Å²) in [6.07, 6.45) is 8.22. The summed E-state index contributed by atoms with van der Waals surface area (Å²) in [5.74, 6) is -0.555. The van der Waals surface area contributed by atoms with Gasteiger partial charge >= 0.3 is 5.97 Å². The van der Waals surface area contributed by atoms with Crippen LogP contribution in [-0.4, -0.2) is 56.1 Å². The largest absolute Gasteiger partial charge is 0.480 e. The summed E-state index contributed by atoms with van der Waals surface area (Å²) in [6, 6.07) is 3.24. The van der Waals surface area contributed by atoms with Crippen LogP contribution in [0.2, 0.25) is 0 Å². The highest BCUT2D eigenvalue weighted by Gasteiger charge is 2.62. The molecule has 0 radical (unpaired) electrons. The van der Waals surface area contributed by atoms with Gasteiger partial charge in [-0.25, -0.2) is 4.79 Å². The highest BCUT2D eigenvalue weighted by atomic mass is 16.6. The Balaban J connectivity index is 1.20. The first kappa shape index (κ1) is 30.2. The third kappa shape index (κ3) is 5.21. The minimum Gasteiger partial charge on any atom is -0.480 e. The second-order valence-electron chi connectivity index (χ2n) is 13.3. The van der Waals surface area contributed by atoms with Crippen LogP contribution in [0.25, 0.3) is 0 Å². The van der Waals surface area contributed by atoms with E-state index in [-0.39, 0.29) is 22.1 Å². The highest BCUT2D eigenvalue weighted by molar-refractivity contribution is 5.96. The van der Waals surface area contributed by atoms with Gasteiger partial charge < -0.3 is 25.5 Å². The van der Waals surface area contributed by atoms with Crippen molar-refractivity contribution in [3.63, 3.8) is 0 Å². The smallest absolute Gasteiger partial charge is 0.329 e. The molecule has 0 bridgehead atoms. The van der Waals surface area contributed by atoms with Crippen molar-refractivity contribution >= 4 is 23.3 Å². The van der Waals surface area contributed by atoms with Crippen LogP contribution < -0.4 is 5.32 Å². The Bertz CT molecular complexity index is 1320. The van der Waals surface area contributed by atoms with E-state index in [1.165, 1.54) is 23.8 Å². The maximum Gasteiger partial charge on any atom is 0.329 e. The average molecular weight is 584 g/mol. The van der Waals surface area contributed by atoms with Crippen LogP contribution in [0.3, 0.4) is 0 Å². The number of carboxylic acid groups (broad SMARTS) is 1. The molecule has 3 fully saturated rings. The van der Waals surface area contributed by atoms with Crippen molar-refractivity contribution in [2.24, 2.45) is 33.7 Å². The number of amides is 1. The molecule has 0 saturated heterocycles. The zero-order valence-corrected chi connectivity index (χ0v) is 24.4. The number of carboxylic acids is 1. The van der Waals surface area contributed by atoms with Crippen molar-refractivity contribution in [1.29, 1.82) is 0 Å². The fraction of sp³-hybridized carbons (Fsp3) is 0.645. The van der Waals surface area contributed by atoms with Crippen LogP contribution in [-0.2, 0) is 14.4 Å². The maximum atomic E-state index is 12.5. The lowest BCUT2D eigenvalue weighted by Crippen LogP contribution is -2.53. The number of oxime groups is 1. The molecule has 228 valence electrons. The quantitative estimate of drug-likeness (QED) is 0.259. The molecule has 11 heteroatoms. The molecule has 11 nitrogen and oxygen atoms in total. The average Bonchev–Trinajstić information content (AvgIpc) is 3.19. The number of carbonyl (C=O) groups is 2. The molecule has 3 saturated carbocycles. The van der Waals surface area contributed by atoms with Crippen LogP contribution in [0.1, 0.15) is 83.8 Å². The molecular weight excluding hydrogens is 542 g/mol. The number of nitrogens with one attached hydrogen (secondary N) is 1. The number of fused-ring (bicyclic) bond motifs is 5. The second kappa shape index (κ2) is 11.1. The molecule has 4 N–H and O–H groups in total. The van der Waals surface area contributed by atoms with E-state index in [4.69, 9.17) is 4.84 Å². The van der Waals surface area contributed by atoms with Gasteiger partial charge in [0.25, 0.3) is 11.6 Å². The number of aliphatic carboxylic acids is 1. The van der Waals surface area contributed by atoms with E-state index in [0.29, 0.717) is 24.2 Å². The number of aliphatic hydroxyl groups excluding tert-OH is 1. The lowest BCUT2D eigenvalue weighted by molar-refractivity contribution is -0.385. The van der Waals surface area contributed by atoms with Gasteiger partial charge in [-0.15, -0.1) is 0 Å². The van der Waals surface area contributed by atoms with Crippen molar-refractivity contribution in [2.75, 3.05) is 6.61 Å². The Morgan fingerprint density at radius 2 is 1.88 bits per heavy atom. The Kier molecular flexibility index (Phi) is 7.95. The predicted molar refractivity (Wildman–Crippen MR) is 153 cm³/mol. The summed E-state index contributed by atoms with van der Waals surface area (Å²) >= 11 is 0. The monoisotopic (exact) mass is 583 g/mol. The number of non-ortho nitro benzene ring substituents is 1. The summed E-state index contributed by atoms with van der Waals surface area (Å²) in [7, 11) is 0. The molecule has 0 aliphatic heterocycles. The summed E-state index contributed by atoms with van der Waals surface area (Å²) in [5, 5.41) is 48.7. The fourth-order valence-corrected chi connectivity index (χ4v) is 8.57. The van der Waals surface area contributed by atoms with Crippen molar-refractivity contribution in [1.82, 2.24) is 5.32 Å². The summed E-state index contributed by atoms with van der Waals surface area (Å²) in [4.78, 5) is 39.9. The van der Waals surface area contributed by atoms with Gasteiger partial charge in [0.05, 0.1) is 16.2 Å². The molecule has 5 rings (SSSR count). The molecule has 4 aliphatic rings. The van der Waals surface area contributed by atoms with Crippen molar-refractivity contribution in [2.45, 2.75) is 89.9 Å². The zero-order valence-electron chi connectivity index (χ0n) is 24.4. The molecule has 8 unspecified atom stereocenters. The van der Waals surface area contributed by atoms with Crippen molar-refractivity contribution < 1.29 is 34.7 Å². The van der Waals surface area contributed by atoms with E-state index < -0.39 is 41.2 Å². The van der Waals surface area contributed by atoms with Crippen molar-refractivity contribution in [3.05, 3.63) is 51.6 Å². The Hall–Kier alpha value is -3.31. The number of carbonyl (C=O) groups excluding carboxylic acids is 1. The van der Waals surface area contributed by atoms with Gasteiger partial charge in [0.15, 0.2) is 12.6 Å². The van der Waals surface area contributed by atoms with Gasteiger partial charge in [0.1, 0.15) is 6.10 Å². The van der Waals surface area contributed by atoms with Crippen LogP contribution in [0.4, 0.5) is 5.69 Å². The molecular formula is C31H41N3O8. The molecule has 8 atom stereocenters. The van der Waals surface area contributed by atoms with Crippen LogP contribution in [0.15, 0.2) is 41.1 Å². The summed E-state index contributed by atoms with van der Waals surface area (Å²) in [6.45, 7) is 6.14. The van der Waals surface area contributed by atoms with Gasteiger partial charge in [-0.3, -0.25) is 14.9 Å². The Morgan fingerprint density at radius 1 is 1.14 bits per heavy atom.